The van der Waals surface area contributed by atoms with Crippen LogP contribution in [-0.4, -0.2) is 47.4 Å². The van der Waals surface area contributed by atoms with Crippen molar-refractivity contribution in [3.8, 4) is 0 Å². The number of unbranched alkanes of at least 4 members (excludes halogenated alkanes) is 60. The minimum atomic E-state index is -0.842. The predicted octanol–water partition coefficient (Wildman–Crippen LogP) is 26.2. The molecular formula is C81H155NO5. The zero-order chi connectivity index (χ0) is 62.8. The van der Waals surface area contributed by atoms with Crippen LogP contribution < -0.4 is 5.32 Å². The van der Waals surface area contributed by atoms with E-state index in [9.17, 15) is 19.8 Å². The number of hydrogen-bond donors (Lipinski definition) is 3. The van der Waals surface area contributed by atoms with Crippen LogP contribution in [0.3, 0.4) is 0 Å². The van der Waals surface area contributed by atoms with E-state index in [0.29, 0.717) is 19.4 Å². The summed E-state index contributed by atoms with van der Waals surface area (Å²) in [4.78, 5) is 24.6. The maximum Gasteiger partial charge on any atom is 0.305 e. The topological polar surface area (TPSA) is 95.9 Å². The number of carbonyl (C=O) groups is 2. The number of ether oxygens (including phenoxy) is 1. The number of hydrogen-bond acceptors (Lipinski definition) is 5. The molecule has 0 radical (unpaired) electrons. The SMILES string of the molecule is CCCCC/C=C\C/C=C\CCCCCCCC(=O)OCCCCCCCCCCCCCCCCCCCCCCCCCCCCCCCCCCCCCC(=O)NC(CO)C(O)/C=C/CCCCCCCCCCCCCCCCCCCC. The van der Waals surface area contributed by atoms with E-state index in [2.05, 4.69) is 43.5 Å². The molecule has 0 fully saturated rings. The van der Waals surface area contributed by atoms with Crippen LogP contribution >= 0.6 is 0 Å². The van der Waals surface area contributed by atoms with Crippen LogP contribution in [0.25, 0.3) is 0 Å². The number of amides is 1. The fourth-order valence-corrected chi connectivity index (χ4v) is 12.6. The van der Waals surface area contributed by atoms with Gasteiger partial charge in [0.15, 0.2) is 0 Å². The van der Waals surface area contributed by atoms with Crippen molar-refractivity contribution < 1.29 is 24.5 Å². The molecule has 3 N–H and O–H groups in total. The summed E-state index contributed by atoms with van der Waals surface area (Å²) in [5, 5.41) is 23.3. The normalized spacial score (nSPS) is 12.6. The van der Waals surface area contributed by atoms with Crippen LogP contribution in [0.4, 0.5) is 0 Å². The zero-order valence-corrected chi connectivity index (χ0v) is 59.0. The molecule has 87 heavy (non-hydrogen) atoms. The van der Waals surface area contributed by atoms with Gasteiger partial charge in [-0.1, -0.05) is 403 Å². The Morgan fingerprint density at radius 1 is 0.322 bits per heavy atom. The molecule has 0 saturated carbocycles. The third kappa shape index (κ3) is 73.0. The summed E-state index contributed by atoms with van der Waals surface area (Å²) >= 11 is 0. The van der Waals surface area contributed by atoms with Gasteiger partial charge in [0, 0.05) is 12.8 Å². The Bertz CT molecular complexity index is 1410. The van der Waals surface area contributed by atoms with Gasteiger partial charge in [0.05, 0.1) is 25.4 Å². The van der Waals surface area contributed by atoms with Gasteiger partial charge in [0.2, 0.25) is 5.91 Å². The van der Waals surface area contributed by atoms with Crippen LogP contribution in [0.5, 0.6) is 0 Å². The van der Waals surface area contributed by atoms with Crippen molar-refractivity contribution in [2.45, 2.75) is 456 Å². The molecule has 0 aliphatic carbocycles. The first-order chi connectivity index (χ1) is 43.0. The summed E-state index contributed by atoms with van der Waals surface area (Å²) in [5.74, 6) is -0.0495. The minimum Gasteiger partial charge on any atom is -0.466 e. The lowest BCUT2D eigenvalue weighted by Gasteiger charge is -2.20. The van der Waals surface area contributed by atoms with E-state index in [1.54, 1.807) is 6.08 Å². The quantitative estimate of drug-likeness (QED) is 0.0320. The van der Waals surface area contributed by atoms with Crippen molar-refractivity contribution in [2.24, 2.45) is 0 Å². The number of carbonyl (C=O) groups excluding carboxylic acids is 2. The van der Waals surface area contributed by atoms with E-state index in [1.807, 2.05) is 6.08 Å². The molecule has 1 amide bonds. The lowest BCUT2D eigenvalue weighted by molar-refractivity contribution is -0.143. The number of nitrogens with one attached hydrogen (secondary N) is 1. The highest BCUT2D eigenvalue weighted by atomic mass is 16.5. The molecule has 0 saturated heterocycles. The fourth-order valence-electron chi connectivity index (χ4n) is 12.6. The Kier molecular flexibility index (Phi) is 74.8. The maximum absolute atomic E-state index is 12.5. The van der Waals surface area contributed by atoms with Gasteiger partial charge in [-0.25, -0.2) is 0 Å². The Balaban J connectivity index is 3.33. The second kappa shape index (κ2) is 76.5. The highest BCUT2D eigenvalue weighted by molar-refractivity contribution is 5.76. The fraction of sp³-hybridized carbons (Fsp3) is 0.901. The summed E-state index contributed by atoms with van der Waals surface area (Å²) in [6.45, 7) is 4.92. The molecule has 0 bridgehead atoms. The van der Waals surface area contributed by atoms with Gasteiger partial charge in [0.25, 0.3) is 0 Å². The van der Waals surface area contributed by atoms with Crippen molar-refractivity contribution in [3.63, 3.8) is 0 Å². The number of allylic oxidation sites excluding steroid dienone is 5. The first-order valence-electron chi connectivity index (χ1n) is 39.8. The number of aliphatic hydroxyl groups is 2. The molecule has 2 atom stereocenters. The van der Waals surface area contributed by atoms with Gasteiger partial charge >= 0.3 is 5.97 Å². The van der Waals surface area contributed by atoms with E-state index in [4.69, 9.17) is 4.74 Å². The van der Waals surface area contributed by atoms with Gasteiger partial charge in [-0.15, -0.1) is 0 Å². The molecule has 514 valence electrons. The Hall–Kier alpha value is -1.92. The molecule has 0 aromatic rings. The zero-order valence-electron chi connectivity index (χ0n) is 59.0. The second-order valence-electron chi connectivity index (χ2n) is 27.4. The molecular weight excluding hydrogens is 1070 g/mol. The predicted molar refractivity (Wildman–Crippen MR) is 384 cm³/mol. The molecule has 0 aromatic heterocycles. The van der Waals surface area contributed by atoms with Crippen LogP contribution in [0.1, 0.15) is 444 Å². The molecule has 0 spiro atoms. The molecule has 0 heterocycles. The summed E-state index contributed by atoms with van der Waals surface area (Å²) in [6, 6.07) is -0.625. The van der Waals surface area contributed by atoms with E-state index in [-0.39, 0.29) is 18.5 Å². The second-order valence-corrected chi connectivity index (χ2v) is 27.4. The number of esters is 1. The molecule has 0 aliphatic rings. The third-order valence-corrected chi connectivity index (χ3v) is 18.7. The van der Waals surface area contributed by atoms with Gasteiger partial charge in [-0.3, -0.25) is 9.59 Å². The summed E-state index contributed by atoms with van der Waals surface area (Å²) in [7, 11) is 0. The molecule has 6 nitrogen and oxygen atoms in total. The van der Waals surface area contributed by atoms with Crippen molar-refractivity contribution in [1.82, 2.24) is 5.32 Å². The van der Waals surface area contributed by atoms with Crippen molar-refractivity contribution in [3.05, 3.63) is 36.5 Å². The summed E-state index contributed by atoms with van der Waals surface area (Å²) in [6.07, 6.45) is 99.9. The van der Waals surface area contributed by atoms with Crippen molar-refractivity contribution >= 4 is 11.9 Å². The van der Waals surface area contributed by atoms with Gasteiger partial charge in [-0.2, -0.15) is 0 Å². The average Bonchev–Trinajstić information content (AvgIpc) is 3.52. The minimum absolute atomic E-state index is 0.00892. The lowest BCUT2D eigenvalue weighted by Crippen LogP contribution is -2.45. The molecule has 0 aromatic carbocycles. The molecule has 0 aliphatic heterocycles. The first-order valence-corrected chi connectivity index (χ1v) is 39.8. The van der Waals surface area contributed by atoms with Crippen LogP contribution in [0, 0.1) is 0 Å². The largest absolute Gasteiger partial charge is 0.466 e. The smallest absolute Gasteiger partial charge is 0.305 e. The third-order valence-electron chi connectivity index (χ3n) is 18.7. The molecule has 6 heteroatoms. The standard InChI is InChI=1S/C81H155NO5/c1-3-5-7-9-11-13-15-17-19-20-21-39-42-46-49-53-57-61-65-69-73-79(84)78(77-83)82-80(85)74-70-66-62-58-54-50-47-43-40-37-35-33-31-29-27-25-23-22-24-26-28-30-32-34-36-38-41-44-48-52-56-60-64-68-72-76-87-81(86)75-71-67-63-59-55-51-45-18-16-14-12-10-8-6-4-2/h12,14,18,45,69,73,78-79,83-84H,3-11,13,15-17,19-44,46-68,70-72,74-77H2,1-2H3,(H,82,85)/b14-12-,45-18-,73-69+. The van der Waals surface area contributed by atoms with E-state index >= 15 is 0 Å². The van der Waals surface area contributed by atoms with Gasteiger partial charge in [0.1, 0.15) is 0 Å². The van der Waals surface area contributed by atoms with E-state index in [0.717, 1.165) is 51.4 Å². The van der Waals surface area contributed by atoms with Crippen molar-refractivity contribution in [1.29, 1.82) is 0 Å². The van der Waals surface area contributed by atoms with Crippen LogP contribution in [0.2, 0.25) is 0 Å². The molecule has 0 rings (SSSR count). The first kappa shape index (κ1) is 85.1. The van der Waals surface area contributed by atoms with E-state index < -0.39 is 12.1 Å². The van der Waals surface area contributed by atoms with Gasteiger partial charge < -0.3 is 20.3 Å². The monoisotopic (exact) mass is 1220 g/mol. The summed E-state index contributed by atoms with van der Waals surface area (Å²) in [5.41, 5.74) is 0. The number of aliphatic hydroxyl groups excluding tert-OH is 2. The van der Waals surface area contributed by atoms with Crippen LogP contribution in [-0.2, 0) is 14.3 Å². The Morgan fingerprint density at radius 2 is 0.575 bits per heavy atom. The lowest BCUT2D eigenvalue weighted by atomic mass is 10.0. The molecule has 2 unspecified atom stereocenters. The average molecular weight is 1220 g/mol. The van der Waals surface area contributed by atoms with E-state index in [1.165, 1.54) is 366 Å². The maximum atomic E-state index is 12.5. The van der Waals surface area contributed by atoms with Crippen molar-refractivity contribution in [2.75, 3.05) is 13.2 Å². The Labute approximate surface area is 544 Å². The highest BCUT2D eigenvalue weighted by Gasteiger charge is 2.18. The van der Waals surface area contributed by atoms with Crippen LogP contribution in [0.15, 0.2) is 36.5 Å². The Morgan fingerprint density at radius 3 is 0.897 bits per heavy atom. The summed E-state index contributed by atoms with van der Waals surface area (Å²) < 4.78 is 5.49. The van der Waals surface area contributed by atoms with Gasteiger partial charge in [-0.05, 0) is 64.2 Å². The number of rotatable bonds is 75. The highest BCUT2D eigenvalue weighted by Crippen LogP contribution is 2.20.